The van der Waals surface area contributed by atoms with E-state index in [2.05, 4.69) is 46.2 Å². The van der Waals surface area contributed by atoms with E-state index in [1.54, 1.807) is 4.47 Å². The third-order valence-electron chi connectivity index (χ3n) is 2.64. The molecule has 2 unspecified atom stereocenters. The van der Waals surface area contributed by atoms with Crippen LogP contribution in [0.3, 0.4) is 0 Å². The summed E-state index contributed by atoms with van der Waals surface area (Å²) < 4.78 is 3.90. The van der Waals surface area contributed by atoms with Gasteiger partial charge in [0, 0.05) is 0 Å². The molecule has 0 N–H and O–H groups in total. The quantitative estimate of drug-likeness (QED) is 0.476. The van der Waals surface area contributed by atoms with Crippen LogP contribution in [-0.2, 0) is 0 Å². The number of halogens is 2. The second-order valence-corrected chi connectivity index (χ2v) is 9.40. The van der Waals surface area contributed by atoms with E-state index >= 15 is 0 Å². The van der Waals surface area contributed by atoms with Crippen molar-refractivity contribution in [1.82, 2.24) is 0 Å². The summed E-state index contributed by atoms with van der Waals surface area (Å²) in [5.74, 6) is 0.677. The third-order valence-corrected chi connectivity index (χ3v) is 9.60. The molecular weight excluding hydrogens is 418 g/mol. The van der Waals surface area contributed by atoms with Crippen LogP contribution in [0.5, 0.6) is 0 Å². The van der Waals surface area contributed by atoms with Gasteiger partial charge < -0.3 is 0 Å². The summed E-state index contributed by atoms with van der Waals surface area (Å²) in [5.41, 5.74) is 1.36. The van der Waals surface area contributed by atoms with Gasteiger partial charge in [-0.25, -0.2) is 0 Å². The Hall–Kier alpha value is 0.589. The zero-order chi connectivity index (χ0) is 11.1. The predicted octanol–water partition coefficient (Wildman–Crippen LogP) is 4.36. The van der Waals surface area contributed by atoms with E-state index in [4.69, 9.17) is 11.6 Å². The third kappa shape index (κ3) is 2.01. The summed E-state index contributed by atoms with van der Waals surface area (Å²) in [4.78, 5) is 0. The molecular formula is C12H8ClISSe. The van der Waals surface area contributed by atoms with E-state index in [0.29, 0.717) is 20.9 Å². The van der Waals surface area contributed by atoms with Gasteiger partial charge in [0.15, 0.2) is 0 Å². The van der Waals surface area contributed by atoms with Gasteiger partial charge in [0.2, 0.25) is 0 Å². The molecule has 0 aromatic heterocycles. The van der Waals surface area contributed by atoms with E-state index in [1.165, 1.54) is 9.14 Å². The van der Waals surface area contributed by atoms with Crippen LogP contribution in [0.25, 0.3) is 4.47 Å². The van der Waals surface area contributed by atoms with Crippen LogP contribution < -0.4 is 0 Å². The van der Waals surface area contributed by atoms with Crippen LogP contribution in [-0.4, -0.2) is 19.1 Å². The number of hydrogen-bond acceptors (Lipinski definition) is 1. The fourth-order valence-electron chi connectivity index (χ4n) is 1.82. The molecule has 3 rings (SSSR count). The van der Waals surface area contributed by atoms with Crippen molar-refractivity contribution < 1.29 is 0 Å². The van der Waals surface area contributed by atoms with Crippen molar-refractivity contribution >= 4 is 65.4 Å². The molecule has 0 fully saturated rings. The first kappa shape index (κ1) is 11.7. The van der Waals surface area contributed by atoms with Crippen LogP contribution in [0, 0.1) is 5.92 Å². The first-order valence-electron chi connectivity index (χ1n) is 4.90. The van der Waals surface area contributed by atoms with Gasteiger partial charge in [0.05, 0.1) is 0 Å². The predicted molar refractivity (Wildman–Crippen MR) is 82.2 cm³/mol. The van der Waals surface area contributed by atoms with Gasteiger partial charge in [-0.3, -0.25) is 0 Å². The Morgan fingerprint density at radius 2 is 2.00 bits per heavy atom. The fourth-order valence-corrected chi connectivity index (χ4v) is 8.76. The molecule has 1 aromatic carbocycles. The van der Waals surface area contributed by atoms with Crippen LogP contribution in [0.1, 0.15) is 5.56 Å². The summed E-state index contributed by atoms with van der Waals surface area (Å²) in [6.07, 6.45) is 2.35. The number of fused-ring (bicyclic) bond motifs is 1. The van der Waals surface area contributed by atoms with E-state index in [-0.39, 0.29) is 0 Å². The molecule has 0 saturated carbocycles. The maximum absolute atomic E-state index is 5.92. The van der Waals surface area contributed by atoms with E-state index in [9.17, 15) is 0 Å². The second-order valence-electron chi connectivity index (χ2n) is 3.66. The minimum atomic E-state index is 0.586. The number of hydrogen-bond donors (Lipinski definition) is 0. The molecule has 2 atom stereocenters. The van der Waals surface area contributed by atoms with Gasteiger partial charge in [-0.05, 0) is 0 Å². The minimum absolute atomic E-state index is 0.586. The van der Waals surface area contributed by atoms with Crippen molar-refractivity contribution in [3.8, 4) is 0 Å². The molecule has 2 heterocycles. The van der Waals surface area contributed by atoms with Gasteiger partial charge in [-0.15, -0.1) is 0 Å². The molecule has 0 amide bonds. The van der Waals surface area contributed by atoms with Gasteiger partial charge in [0.25, 0.3) is 0 Å². The molecule has 16 heavy (non-hydrogen) atoms. The SMILES string of the molecule is Clc1ccc(C2=C(I)C3C=CSC3[Se]2)cc1. The molecule has 0 radical (unpaired) electrons. The average Bonchev–Trinajstić information content (AvgIpc) is 2.84. The monoisotopic (exact) mass is 426 g/mol. The van der Waals surface area contributed by atoms with E-state index in [0.717, 1.165) is 9.17 Å². The topological polar surface area (TPSA) is 0 Å². The summed E-state index contributed by atoms with van der Waals surface area (Å²) >= 11 is 11.0. The fraction of sp³-hybridized carbons (Fsp3) is 0.167. The first-order valence-corrected chi connectivity index (χ1v) is 9.14. The molecule has 82 valence electrons. The van der Waals surface area contributed by atoms with Crippen LogP contribution in [0.2, 0.25) is 5.02 Å². The Labute approximate surface area is 124 Å². The molecule has 2 aliphatic heterocycles. The molecule has 0 aliphatic carbocycles. The Kier molecular flexibility index (Phi) is 3.42. The van der Waals surface area contributed by atoms with Crippen molar-refractivity contribution in [3.63, 3.8) is 0 Å². The second kappa shape index (κ2) is 4.69. The maximum atomic E-state index is 5.92. The summed E-state index contributed by atoms with van der Waals surface area (Å²) in [5, 5.41) is 3.08. The number of thioether (sulfide) groups is 1. The number of allylic oxidation sites excluding steroid dienone is 2. The van der Waals surface area contributed by atoms with Crippen LogP contribution in [0.4, 0.5) is 0 Å². The molecule has 0 bridgehead atoms. The van der Waals surface area contributed by atoms with Gasteiger partial charge >= 0.3 is 125 Å². The Morgan fingerprint density at radius 1 is 1.25 bits per heavy atom. The molecule has 0 spiro atoms. The van der Waals surface area contributed by atoms with Crippen LogP contribution >= 0.6 is 46.0 Å². The average molecular weight is 426 g/mol. The molecule has 4 heteroatoms. The summed E-state index contributed by atoms with van der Waals surface area (Å²) in [6, 6.07) is 8.27. The standard InChI is InChI=1S/C12H8ClISSe/c13-8-3-1-7(2-4-8)11-10(14)9-5-6-15-12(9)16-11/h1-6,9,12H. The van der Waals surface area contributed by atoms with Gasteiger partial charge in [-0.2, -0.15) is 0 Å². The normalized spacial score (nSPS) is 27.6. The Bertz CT molecular complexity index is 480. The van der Waals surface area contributed by atoms with Crippen molar-refractivity contribution in [2.24, 2.45) is 5.92 Å². The molecule has 0 saturated heterocycles. The molecule has 1 aromatic rings. The van der Waals surface area contributed by atoms with E-state index in [1.807, 2.05) is 23.9 Å². The summed E-state index contributed by atoms with van der Waals surface area (Å²) in [7, 11) is 0. The van der Waals surface area contributed by atoms with Crippen molar-refractivity contribution in [3.05, 3.63) is 49.9 Å². The Balaban J connectivity index is 1.98. The molecule has 2 aliphatic rings. The first-order chi connectivity index (χ1) is 7.75. The zero-order valence-electron chi connectivity index (χ0n) is 8.19. The van der Waals surface area contributed by atoms with E-state index < -0.39 is 0 Å². The van der Waals surface area contributed by atoms with Crippen LogP contribution in [0.15, 0.2) is 39.3 Å². The summed E-state index contributed by atoms with van der Waals surface area (Å²) in [6.45, 7) is 0. The number of rotatable bonds is 1. The van der Waals surface area contributed by atoms with Crippen molar-refractivity contribution in [2.75, 3.05) is 0 Å². The van der Waals surface area contributed by atoms with Gasteiger partial charge in [-0.1, -0.05) is 0 Å². The zero-order valence-corrected chi connectivity index (χ0v) is 13.6. The van der Waals surface area contributed by atoms with Gasteiger partial charge in [0.1, 0.15) is 0 Å². The Morgan fingerprint density at radius 3 is 2.69 bits per heavy atom. The van der Waals surface area contributed by atoms with Crippen molar-refractivity contribution in [1.29, 1.82) is 0 Å². The molecule has 0 nitrogen and oxygen atoms in total. The number of benzene rings is 1. The van der Waals surface area contributed by atoms with Crippen molar-refractivity contribution in [2.45, 2.75) is 4.15 Å².